The van der Waals surface area contributed by atoms with Gasteiger partial charge in [0.05, 0.1) is 18.7 Å². The van der Waals surface area contributed by atoms with Crippen LogP contribution in [0.15, 0.2) is 18.2 Å². The molecule has 0 aromatic heterocycles. The molecule has 0 fully saturated rings. The fraction of sp³-hybridized carbons (Fsp3) is 0.333. The summed E-state index contributed by atoms with van der Waals surface area (Å²) in [6.07, 6.45) is -5.16. The molecule has 0 spiro atoms. The maximum Gasteiger partial charge on any atom is 0.471 e. The number of carbonyl (C=O) groups excluding carboxylic acids is 2. The van der Waals surface area contributed by atoms with Crippen molar-refractivity contribution in [1.29, 1.82) is 0 Å². The molecule has 2 rings (SSSR count). The number of halogens is 3. The normalized spacial score (nSPS) is 18.1. The second-order valence-electron chi connectivity index (χ2n) is 4.08. The van der Waals surface area contributed by atoms with Crippen LogP contribution in [0.4, 0.5) is 13.2 Å². The molecule has 1 atom stereocenters. The third kappa shape index (κ3) is 2.40. The number of Topliss-reactive ketones (excluding diaryl/α,β-unsaturated/α-hetero) is 1. The molecule has 1 aliphatic rings. The summed E-state index contributed by atoms with van der Waals surface area (Å²) in [5.74, 6) is -2.10. The summed E-state index contributed by atoms with van der Waals surface area (Å²) in [7, 11) is 1.37. The molecule has 1 aromatic rings. The molecule has 1 aromatic carbocycles. The smallest absolute Gasteiger partial charge is 0.471 e. The van der Waals surface area contributed by atoms with Gasteiger partial charge in [-0.05, 0) is 11.6 Å². The Hall–Kier alpha value is -2.05. The number of benzene rings is 1. The van der Waals surface area contributed by atoms with Crippen LogP contribution in [0.1, 0.15) is 28.4 Å². The largest absolute Gasteiger partial charge is 0.496 e. The second kappa shape index (κ2) is 4.56. The molecule has 0 saturated heterocycles. The van der Waals surface area contributed by atoms with Crippen LogP contribution in [0, 0.1) is 0 Å². The van der Waals surface area contributed by atoms with Crippen LogP contribution < -0.4 is 10.1 Å². The van der Waals surface area contributed by atoms with Gasteiger partial charge in [-0.25, -0.2) is 0 Å². The highest BCUT2D eigenvalue weighted by Crippen LogP contribution is 2.37. The highest BCUT2D eigenvalue weighted by atomic mass is 19.4. The van der Waals surface area contributed by atoms with E-state index >= 15 is 0 Å². The van der Waals surface area contributed by atoms with Gasteiger partial charge >= 0.3 is 12.1 Å². The van der Waals surface area contributed by atoms with Gasteiger partial charge in [0, 0.05) is 6.42 Å². The number of rotatable bonds is 2. The van der Waals surface area contributed by atoms with E-state index in [0.717, 1.165) is 0 Å². The predicted molar refractivity (Wildman–Crippen MR) is 58.9 cm³/mol. The molecular formula is C12H10F3NO3. The number of hydrogen-bond acceptors (Lipinski definition) is 3. The monoisotopic (exact) mass is 273 g/mol. The third-order valence-electron chi connectivity index (χ3n) is 2.88. The van der Waals surface area contributed by atoms with Crippen LogP contribution in [-0.4, -0.2) is 25.0 Å². The van der Waals surface area contributed by atoms with Crippen molar-refractivity contribution in [1.82, 2.24) is 5.32 Å². The zero-order chi connectivity index (χ0) is 14.2. The van der Waals surface area contributed by atoms with Gasteiger partial charge in [-0.1, -0.05) is 12.1 Å². The number of carbonyl (C=O) groups is 2. The molecule has 7 heteroatoms. The minimum absolute atomic E-state index is 0.197. The molecule has 0 bridgehead atoms. The fourth-order valence-corrected chi connectivity index (χ4v) is 2.07. The Morgan fingerprint density at radius 1 is 1.42 bits per heavy atom. The Bertz CT molecular complexity index is 540. The Morgan fingerprint density at radius 3 is 2.68 bits per heavy atom. The van der Waals surface area contributed by atoms with Gasteiger partial charge in [0.2, 0.25) is 0 Å². The summed E-state index contributed by atoms with van der Waals surface area (Å²) >= 11 is 0. The number of alkyl halides is 3. The van der Waals surface area contributed by atoms with E-state index in [4.69, 9.17) is 4.74 Å². The average molecular weight is 273 g/mol. The van der Waals surface area contributed by atoms with Crippen LogP contribution in [-0.2, 0) is 4.79 Å². The molecule has 1 amide bonds. The van der Waals surface area contributed by atoms with Crippen molar-refractivity contribution in [2.75, 3.05) is 7.11 Å². The molecule has 19 heavy (non-hydrogen) atoms. The minimum atomic E-state index is -4.97. The van der Waals surface area contributed by atoms with E-state index in [1.807, 2.05) is 5.32 Å². The van der Waals surface area contributed by atoms with Gasteiger partial charge in [0.25, 0.3) is 0 Å². The maximum absolute atomic E-state index is 12.2. The van der Waals surface area contributed by atoms with E-state index in [1.54, 1.807) is 12.1 Å². The van der Waals surface area contributed by atoms with Gasteiger partial charge in [-0.2, -0.15) is 13.2 Å². The number of nitrogens with one attached hydrogen (secondary N) is 1. The molecule has 102 valence electrons. The first-order valence-electron chi connectivity index (χ1n) is 5.42. The number of amides is 1. The summed E-state index contributed by atoms with van der Waals surface area (Å²) < 4.78 is 41.6. The second-order valence-corrected chi connectivity index (χ2v) is 4.08. The lowest BCUT2D eigenvalue weighted by atomic mass is 10.1. The van der Waals surface area contributed by atoms with Gasteiger partial charge in [-0.3, -0.25) is 9.59 Å². The van der Waals surface area contributed by atoms with Crippen molar-refractivity contribution in [3.8, 4) is 5.75 Å². The Balaban J connectivity index is 2.31. The van der Waals surface area contributed by atoms with Crippen molar-refractivity contribution in [3.05, 3.63) is 29.3 Å². The number of ether oxygens (including phenoxy) is 1. The Labute approximate surface area is 106 Å². The van der Waals surface area contributed by atoms with Crippen LogP contribution in [0.2, 0.25) is 0 Å². The summed E-state index contributed by atoms with van der Waals surface area (Å²) in [6.45, 7) is 0. The summed E-state index contributed by atoms with van der Waals surface area (Å²) in [5.41, 5.74) is 0.583. The third-order valence-corrected chi connectivity index (χ3v) is 2.88. The Kier molecular flexibility index (Phi) is 3.21. The van der Waals surface area contributed by atoms with E-state index in [-0.39, 0.29) is 17.8 Å². The fourth-order valence-electron chi connectivity index (χ4n) is 2.07. The minimum Gasteiger partial charge on any atom is -0.496 e. The molecule has 0 radical (unpaired) electrons. The summed E-state index contributed by atoms with van der Waals surface area (Å²) in [4.78, 5) is 22.7. The number of ketones is 1. The number of methoxy groups -OCH3 is 1. The highest BCUT2D eigenvalue weighted by molar-refractivity contribution is 6.04. The molecule has 1 N–H and O–H groups in total. The topological polar surface area (TPSA) is 55.4 Å². The van der Waals surface area contributed by atoms with Gasteiger partial charge in [-0.15, -0.1) is 0 Å². The average Bonchev–Trinajstić information content (AvgIpc) is 2.65. The van der Waals surface area contributed by atoms with E-state index in [9.17, 15) is 22.8 Å². The molecule has 4 nitrogen and oxygen atoms in total. The number of hydrogen-bond donors (Lipinski definition) is 1. The molecule has 1 aliphatic carbocycles. The van der Waals surface area contributed by atoms with Gasteiger partial charge in [0.1, 0.15) is 5.75 Å². The highest BCUT2D eigenvalue weighted by Gasteiger charge is 2.42. The van der Waals surface area contributed by atoms with Crippen molar-refractivity contribution < 1.29 is 27.5 Å². The van der Waals surface area contributed by atoms with Crippen molar-refractivity contribution in [2.45, 2.75) is 18.6 Å². The first-order chi connectivity index (χ1) is 8.84. The standard InChI is InChI=1S/C12H10F3NO3/c1-19-9-4-2-3-6-7(5-8(17)10(6)9)16-11(18)12(13,14)15/h2-4,7H,5H2,1H3,(H,16,18)/t7-/m0/s1. The first-order valence-corrected chi connectivity index (χ1v) is 5.42. The van der Waals surface area contributed by atoms with E-state index < -0.39 is 18.1 Å². The lowest BCUT2D eigenvalue weighted by molar-refractivity contribution is -0.174. The molecule has 0 saturated carbocycles. The van der Waals surface area contributed by atoms with Crippen molar-refractivity contribution >= 4 is 11.7 Å². The van der Waals surface area contributed by atoms with Gasteiger partial charge in [0.15, 0.2) is 5.78 Å². The zero-order valence-electron chi connectivity index (χ0n) is 9.88. The Morgan fingerprint density at radius 2 is 2.11 bits per heavy atom. The van der Waals surface area contributed by atoms with E-state index in [2.05, 4.69) is 0 Å². The molecule has 0 aliphatic heterocycles. The quantitative estimate of drug-likeness (QED) is 0.896. The SMILES string of the molecule is COc1cccc2c1C(=O)C[C@@H]2NC(=O)C(F)(F)F. The van der Waals surface area contributed by atoms with Crippen molar-refractivity contribution in [2.24, 2.45) is 0 Å². The lowest BCUT2D eigenvalue weighted by Crippen LogP contribution is -2.38. The summed E-state index contributed by atoms with van der Waals surface area (Å²) in [5, 5.41) is 1.82. The number of fused-ring (bicyclic) bond motifs is 1. The van der Waals surface area contributed by atoms with E-state index in [1.165, 1.54) is 13.2 Å². The predicted octanol–water partition coefficient (Wildman–Crippen LogP) is 2.00. The van der Waals surface area contributed by atoms with Crippen LogP contribution in [0.5, 0.6) is 5.75 Å². The lowest BCUT2D eigenvalue weighted by Gasteiger charge is -2.15. The van der Waals surface area contributed by atoms with Crippen LogP contribution >= 0.6 is 0 Å². The molecule has 0 unspecified atom stereocenters. The first kappa shape index (κ1) is 13.4. The van der Waals surface area contributed by atoms with Crippen LogP contribution in [0.3, 0.4) is 0 Å². The summed E-state index contributed by atoms with van der Waals surface area (Å²) in [6, 6.07) is 3.64. The van der Waals surface area contributed by atoms with Crippen LogP contribution in [0.25, 0.3) is 0 Å². The van der Waals surface area contributed by atoms with Crippen molar-refractivity contribution in [3.63, 3.8) is 0 Å². The van der Waals surface area contributed by atoms with Gasteiger partial charge < -0.3 is 10.1 Å². The zero-order valence-corrected chi connectivity index (χ0v) is 9.88. The molecular weight excluding hydrogens is 263 g/mol. The molecule has 0 heterocycles. The maximum atomic E-state index is 12.2. The van der Waals surface area contributed by atoms with E-state index in [0.29, 0.717) is 11.3 Å².